The lowest BCUT2D eigenvalue weighted by molar-refractivity contribution is -0.152. The second-order valence-electron chi connectivity index (χ2n) is 13.6. The van der Waals surface area contributed by atoms with Crippen LogP contribution in [0.4, 0.5) is 5.69 Å². The maximum Gasteiger partial charge on any atom is 0.330 e. The number of rotatable bonds is 18. The molecule has 0 heterocycles. The molecule has 0 N–H and O–H groups in total. The Kier molecular flexibility index (Phi) is 16.6. The van der Waals surface area contributed by atoms with E-state index in [0.29, 0.717) is 87.8 Å². The summed E-state index contributed by atoms with van der Waals surface area (Å²) in [6.45, 7) is 15.4. The first-order valence-electron chi connectivity index (χ1n) is 18.8. The Hall–Kier alpha value is -6.02. The molecule has 2 saturated carbocycles. The van der Waals surface area contributed by atoms with Crippen LogP contribution >= 0.6 is 0 Å². The second-order valence-corrected chi connectivity index (χ2v) is 13.6. The van der Waals surface area contributed by atoms with Gasteiger partial charge < -0.3 is 28.4 Å². The number of fused-ring (bicyclic) bond motifs is 1. The van der Waals surface area contributed by atoms with E-state index in [1.165, 1.54) is 0 Å². The molecule has 2 fully saturated rings. The van der Waals surface area contributed by atoms with Gasteiger partial charge in [0.05, 0.1) is 62.7 Å². The molecule has 56 heavy (non-hydrogen) atoms. The van der Waals surface area contributed by atoms with Crippen LogP contribution in [0.15, 0.2) is 49.6 Å². The van der Waals surface area contributed by atoms with Crippen molar-refractivity contribution >= 4 is 52.3 Å². The topological polar surface area (TPSA) is 186 Å². The van der Waals surface area contributed by atoms with Gasteiger partial charge in [-0.25, -0.2) is 14.4 Å². The smallest absolute Gasteiger partial charge is 0.330 e. The summed E-state index contributed by atoms with van der Waals surface area (Å²) in [6, 6.07) is 8.56. The van der Waals surface area contributed by atoms with Gasteiger partial charge in [0.2, 0.25) is 0 Å². The van der Waals surface area contributed by atoms with E-state index in [4.69, 9.17) is 35.0 Å². The summed E-state index contributed by atoms with van der Waals surface area (Å²) in [5.74, 6) is -4.99. The zero-order chi connectivity index (χ0) is 40.5. The average Bonchev–Trinajstić information content (AvgIpc) is 3.23. The van der Waals surface area contributed by atoms with Gasteiger partial charge in [-0.15, -0.1) is 0 Å². The largest absolute Gasteiger partial charge is 0.465 e. The molecule has 0 spiro atoms. The number of nitrogens with zero attached hydrogens (tertiary/aromatic N) is 2. The fraction of sp³-hybridized carbons (Fsp3) is 0.476. The van der Waals surface area contributed by atoms with Crippen LogP contribution in [0.3, 0.4) is 0 Å². The molecular weight excluding hydrogens is 724 g/mol. The summed E-state index contributed by atoms with van der Waals surface area (Å²) in [4.78, 5) is 77.9. The molecule has 296 valence electrons. The maximum absolute atomic E-state index is 13.5. The second kappa shape index (κ2) is 21.8. The molecule has 14 nitrogen and oxygen atoms in total. The molecular formula is C42H46N2O12. The maximum atomic E-state index is 13.5. The molecule has 0 amide bonds. The Bertz CT molecular complexity index is 1740. The van der Waals surface area contributed by atoms with Crippen LogP contribution < -0.4 is 9.47 Å². The van der Waals surface area contributed by atoms with Crippen LogP contribution in [0.25, 0.3) is 15.6 Å². The third-order valence-corrected chi connectivity index (χ3v) is 9.90. The van der Waals surface area contributed by atoms with Gasteiger partial charge in [-0.2, -0.15) is 5.26 Å². The number of esters is 6. The first kappa shape index (κ1) is 42.7. The monoisotopic (exact) mass is 770 g/mol. The van der Waals surface area contributed by atoms with Gasteiger partial charge in [-0.1, -0.05) is 37.4 Å². The summed E-state index contributed by atoms with van der Waals surface area (Å²) in [7, 11) is 0. The molecule has 0 aromatic heterocycles. The Morgan fingerprint density at radius 2 is 0.982 bits per heavy atom. The standard InChI is InChI=1S/C42H46N2O12/c1-4-34(45)51-22-8-10-24-53-39(47)27-14-18-29(19-15-27)41(49)55-37-31-12-6-7-13-32(31)38(36(44-3)33(37)26-43)56-42(50)30-20-16-28(17-21-30)40(48)54-25-11-9-23-52-35(46)5-2/h4-7,12-13,27-30H,1-2,8-11,14-25H2. The Balaban J connectivity index is 1.33. The molecule has 0 unspecified atom stereocenters. The van der Waals surface area contributed by atoms with E-state index in [1.807, 2.05) is 6.07 Å². The van der Waals surface area contributed by atoms with E-state index in [1.54, 1.807) is 24.3 Å². The van der Waals surface area contributed by atoms with Crippen molar-refractivity contribution in [2.45, 2.75) is 77.0 Å². The van der Waals surface area contributed by atoms with Crippen molar-refractivity contribution in [3.8, 4) is 17.6 Å². The molecule has 2 aromatic rings. The van der Waals surface area contributed by atoms with Crippen molar-refractivity contribution in [1.29, 1.82) is 5.26 Å². The van der Waals surface area contributed by atoms with Crippen LogP contribution in [0, 0.1) is 41.6 Å². The van der Waals surface area contributed by atoms with E-state index in [0.717, 1.165) is 12.2 Å². The van der Waals surface area contributed by atoms with E-state index < -0.39 is 35.7 Å². The first-order chi connectivity index (χ1) is 27.1. The Morgan fingerprint density at radius 1 is 0.625 bits per heavy atom. The zero-order valence-electron chi connectivity index (χ0n) is 31.3. The summed E-state index contributed by atoms with van der Waals surface area (Å²) < 4.78 is 32.3. The quantitative estimate of drug-likeness (QED) is 0.0386. The van der Waals surface area contributed by atoms with Gasteiger partial charge in [0.25, 0.3) is 5.69 Å². The van der Waals surface area contributed by atoms with Gasteiger partial charge in [-0.05, 0) is 77.0 Å². The van der Waals surface area contributed by atoms with E-state index >= 15 is 0 Å². The number of benzene rings is 2. The van der Waals surface area contributed by atoms with E-state index in [2.05, 4.69) is 18.0 Å². The Labute approximate surface area is 325 Å². The summed E-state index contributed by atoms with van der Waals surface area (Å²) in [5.41, 5.74) is -0.499. The van der Waals surface area contributed by atoms with Crippen molar-refractivity contribution in [3.05, 3.63) is 66.6 Å². The zero-order valence-corrected chi connectivity index (χ0v) is 31.3. The minimum Gasteiger partial charge on any atom is -0.465 e. The van der Waals surface area contributed by atoms with Crippen molar-refractivity contribution in [3.63, 3.8) is 0 Å². The van der Waals surface area contributed by atoms with Gasteiger partial charge in [0.1, 0.15) is 17.1 Å². The van der Waals surface area contributed by atoms with Crippen LogP contribution in [-0.4, -0.2) is 62.2 Å². The van der Waals surface area contributed by atoms with E-state index in [-0.39, 0.29) is 73.0 Å². The van der Waals surface area contributed by atoms with Crippen LogP contribution in [0.1, 0.15) is 82.6 Å². The highest BCUT2D eigenvalue weighted by molar-refractivity contribution is 6.04. The summed E-state index contributed by atoms with van der Waals surface area (Å²) >= 11 is 0. The number of nitriles is 1. The van der Waals surface area contributed by atoms with Crippen molar-refractivity contribution in [2.24, 2.45) is 23.7 Å². The van der Waals surface area contributed by atoms with Crippen LogP contribution in [0.2, 0.25) is 0 Å². The van der Waals surface area contributed by atoms with Crippen molar-refractivity contribution in [2.75, 3.05) is 26.4 Å². The number of hydrogen-bond donors (Lipinski definition) is 0. The van der Waals surface area contributed by atoms with Gasteiger partial charge in [-0.3, -0.25) is 19.2 Å². The summed E-state index contributed by atoms with van der Waals surface area (Å²) in [5, 5.41) is 10.8. The predicted molar refractivity (Wildman–Crippen MR) is 200 cm³/mol. The molecule has 4 rings (SSSR count). The van der Waals surface area contributed by atoms with Gasteiger partial charge in [0, 0.05) is 22.9 Å². The minimum absolute atomic E-state index is 0.101. The fourth-order valence-electron chi connectivity index (χ4n) is 6.73. The molecule has 0 atom stereocenters. The number of carbonyl (C=O) groups is 6. The number of hydrogen-bond acceptors (Lipinski definition) is 13. The molecule has 2 aliphatic carbocycles. The number of unbranched alkanes of at least 4 members (excludes halogenated alkanes) is 2. The molecule has 2 aliphatic rings. The highest BCUT2D eigenvalue weighted by Gasteiger charge is 2.35. The lowest BCUT2D eigenvalue weighted by Gasteiger charge is -2.27. The number of ether oxygens (including phenoxy) is 6. The molecule has 2 aromatic carbocycles. The Morgan fingerprint density at radius 3 is 1.36 bits per heavy atom. The van der Waals surface area contributed by atoms with Crippen LogP contribution in [0.5, 0.6) is 11.5 Å². The number of carbonyl (C=O) groups excluding carboxylic acids is 6. The predicted octanol–water partition coefficient (Wildman–Crippen LogP) is 6.79. The van der Waals surface area contributed by atoms with Gasteiger partial charge in [0.15, 0.2) is 0 Å². The average molecular weight is 771 g/mol. The molecule has 14 heteroatoms. The lowest BCUT2D eigenvalue weighted by Crippen LogP contribution is -2.30. The van der Waals surface area contributed by atoms with E-state index in [9.17, 15) is 34.0 Å². The lowest BCUT2D eigenvalue weighted by atomic mass is 9.82. The highest BCUT2D eigenvalue weighted by Crippen LogP contribution is 2.47. The van der Waals surface area contributed by atoms with Crippen molar-refractivity contribution in [1.82, 2.24) is 0 Å². The molecule has 0 bridgehead atoms. The SMILES string of the molecule is [C-]#[N+]c1c(C#N)c(OC(=O)C2CCC(C(=O)OCCCCOC(=O)C=C)CC2)c2ccccc2c1OC(=O)C1CCC(C(=O)OCCCCOC(=O)C=C)CC1. The van der Waals surface area contributed by atoms with Crippen LogP contribution in [-0.2, 0) is 47.7 Å². The molecule has 0 saturated heterocycles. The fourth-order valence-corrected chi connectivity index (χ4v) is 6.73. The normalized spacial score (nSPS) is 18.9. The third kappa shape index (κ3) is 11.7. The summed E-state index contributed by atoms with van der Waals surface area (Å²) in [6.07, 6.45) is 7.34. The first-order valence-corrected chi connectivity index (χ1v) is 18.8. The minimum atomic E-state index is -0.600. The molecule has 0 radical (unpaired) electrons. The third-order valence-electron chi connectivity index (χ3n) is 9.90. The highest BCUT2D eigenvalue weighted by atomic mass is 16.6. The molecule has 0 aliphatic heterocycles. The van der Waals surface area contributed by atoms with Crippen molar-refractivity contribution < 1.29 is 57.2 Å². The van der Waals surface area contributed by atoms with Gasteiger partial charge >= 0.3 is 35.8 Å².